The second kappa shape index (κ2) is 5.20. The predicted octanol–water partition coefficient (Wildman–Crippen LogP) is 3.30. The minimum atomic E-state index is -1.05. The van der Waals surface area contributed by atoms with E-state index in [1.165, 1.54) is 6.07 Å². The summed E-state index contributed by atoms with van der Waals surface area (Å²) >= 11 is 5.96. The molecule has 98 valence electrons. The first kappa shape index (κ1) is 13.2. The van der Waals surface area contributed by atoms with Crippen LogP contribution in [0.5, 0.6) is 5.75 Å². The molecular weight excluding hydrogens is 266 g/mol. The van der Waals surface area contributed by atoms with Crippen LogP contribution in [-0.4, -0.2) is 18.2 Å². The third kappa shape index (κ3) is 2.63. The van der Waals surface area contributed by atoms with Crippen LogP contribution in [0.1, 0.15) is 10.4 Å². The highest BCUT2D eigenvalue weighted by atomic mass is 35.5. The number of hydrogen-bond donors (Lipinski definition) is 2. The highest BCUT2D eigenvalue weighted by Crippen LogP contribution is 2.34. The molecule has 0 amide bonds. The van der Waals surface area contributed by atoms with Gasteiger partial charge >= 0.3 is 5.97 Å². The number of halogens is 1. The molecule has 0 atom stereocenters. The van der Waals surface area contributed by atoms with Crippen LogP contribution < -0.4 is 10.5 Å². The largest absolute Gasteiger partial charge is 0.496 e. The summed E-state index contributed by atoms with van der Waals surface area (Å²) in [6.45, 7) is 0. The quantitative estimate of drug-likeness (QED) is 0.845. The van der Waals surface area contributed by atoms with Crippen molar-refractivity contribution in [3.63, 3.8) is 0 Å². The lowest BCUT2D eigenvalue weighted by molar-refractivity contribution is 0.0698. The third-order valence-corrected chi connectivity index (χ3v) is 2.99. The number of rotatable bonds is 3. The second-order valence-electron chi connectivity index (χ2n) is 3.95. The molecule has 0 aliphatic heterocycles. The maximum Gasteiger partial charge on any atom is 0.337 e. The summed E-state index contributed by atoms with van der Waals surface area (Å²) in [7, 11) is 1.56. The molecule has 5 heteroatoms. The van der Waals surface area contributed by atoms with Crippen molar-refractivity contribution in [2.75, 3.05) is 12.8 Å². The zero-order valence-electron chi connectivity index (χ0n) is 10.2. The number of hydrogen-bond acceptors (Lipinski definition) is 3. The molecule has 2 aromatic carbocycles. The van der Waals surface area contributed by atoms with Gasteiger partial charge in [-0.3, -0.25) is 0 Å². The molecule has 0 heterocycles. The minimum Gasteiger partial charge on any atom is -0.496 e. The number of nitrogens with two attached hydrogens (primary N) is 1. The van der Waals surface area contributed by atoms with E-state index in [-0.39, 0.29) is 11.3 Å². The predicted molar refractivity (Wildman–Crippen MR) is 74.8 cm³/mol. The van der Waals surface area contributed by atoms with Gasteiger partial charge in [-0.15, -0.1) is 0 Å². The normalized spacial score (nSPS) is 10.2. The molecular formula is C14H12ClNO3. The summed E-state index contributed by atoms with van der Waals surface area (Å²) in [5, 5.41) is 9.51. The van der Waals surface area contributed by atoms with Crippen molar-refractivity contribution >= 4 is 23.3 Å². The Balaban J connectivity index is 2.56. The summed E-state index contributed by atoms with van der Waals surface area (Å²) in [6.07, 6.45) is 0. The van der Waals surface area contributed by atoms with Gasteiger partial charge in [0.15, 0.2) is 0 Å². The fourth-order valence-electron chi connectivity index (χ4n) is 1.83. The Morgan fingerprint density at radius 3 is 2.58 bits per heavy atom. The summed E-state index contributed by atoms with van der Waals surface area (Å²) < 4.78 is 5.26. The van der Waals surface area contributed by atoms with E-state index in [2.05, 4.69) is 0 Å². The molecule has 0 aliphatic rings. The first-order chi connectivity index (χ1) is 9.02. The van der Waals surface area contributed by atoms with E-state index in [4.69, 9.17) is 27.2 Å². The lowest BCUT2D eigenvalue weighted by Crippen LogP contribution is -2.02. The van der Waals surface area contributed by atoms with Crippen LogP contribution in [0.4, 0.5) is 5.69 Å². The first-order valence-corrected chi connectivity index (χ1v) is 5.87. The number of methoxy groups -OCH3 is 1. The van der Waals surface area contributed by atoms with Crippen molar-refractivity contribution in [3.8, 4) is 16.9 Å². The van der Waals surface area contributed by atoms with Gasteiger partial charge in [-0.1, -0.05) is 17.7 Å². The molecule has 0 fully saturated rings. The minimum absolute atomic E-state index is 0.0738. The van der Waals surface area contributed by atoms with Crippen LogP contribution >= 0.6 is 11.6 Å². The van der Waals surface area contributed by atoms with Gasteiger partial charge in [0.05, 0.1) is 12.7 Å². The molecule has 0 spiro atoms. The molecule has 0 saturated heterocycles. The Morgan fingerprint density at radius 1 is 1.26 bits per heavy atom. The van der Waals surface area contributed by atoms with Gasteiger partial charge in [0.2, 0.25) is 0 Å². The zero-order chi connectivity index (χ0) is 14.0. The molecule has 0 aromatic heterocycles. The highest BCUT2D eigenvalue weighted by molar-refractivity contribution is 6.31. The molecule has 0 unspecified atom stereocenters. The van der Waals surface area contributed by atoms with Gasteiger partial charge in [-0.2, -0.15) is 0 Å². The average molecular weight is 278 g/mol. The van der Waals surface area contributed by atoms with E-state index in [9.17, 15) is 4.79 Å². The Kier molecular flexibility index (Phi) is 3.62. The van der Waals surface area contributed by atoms with Gasteiger partial charge in [0.1, 0.15) is 5.75 Å². The monoisotopic (exact) mass is 277 g/mol. The highest BCUT2D eigenvalue weighted by Gasteiger charge is 2.11. The van der Waals surface area contributed by atoms with Crippen LogP contribution in [-0.2, 0) is 0 Å². The lowest BCUT2D eigenvalue weighted by atomic mass is 10.0. The molecule has 0 saturated carbocycles. The summed E-state index contributed by atoms with van der Waals surface area (Å²) in [5.41, 5.74) is 7.52. The summed E-state index contributed by atoms with van der Waals surface area (Å²) in [4.78, 5) is 10.9. The van der Waals surface area contributed by atoms with Gasteiger partial charge < -0.3 is 15.6 Å². The van der Waals surface area contributed by atoms with E-state index >= 15 is 0 Å². The Labute approximate surface area is 115 Å². The Hall–Kier alpha value is -2.20. The van der Waals surface area contributed by atoms with E-state index in [1.54, 1.807) is 37.4 Å². The number of benzene rings is 2. The van der Waals surface area contributed by atoms with Gasteiger partial charge in [-0.05, 0) is 35.9 Å². The van der Waals surface area contributed by atoms with Crippen molar-refractivity contribution in [3.05, 3.63) is 47.0 Å². The van der Waals surface area contributed by atoms with Crippen molar-refractivity contribution in [1.29, 1.82) is 0 Å². The van der Waals surface area contributed by atoms with Crippen LogP contribution in [0.25, 0.3) is 11.1 Å². The maximum atomic E-state index is 10.9. The van der Waals surface area contributed by atoms with E-state index < -0.39 is 5.97 Å². The smallest absolute Gasteiger partial charge is 0.337 e. The van der Waals surface area contributed by atoms with Gasteiger partial charge in [0, 0.05) is 16.3 Å². The van der Waals surface area contributed by atoms with Gasteiger partial charge in [-0.25, -0.2) is 4.79 Å². The van der Waals surface area contributed by atoms with Crippen LogP contribution in [0.3, 0.4) is 0 Å². The van der Waals surface area contributed by atoms with Crippen LogP contribution in [0.15, 0.2) is 36.4 Å². The van der Waals surface area contributed by atoms with Gasteiger partial charge in [0.25, 0.3) is 0 Å². The SMILES string of the molecule is COc1ccc(Cl)cc1-c1ccc(C(=O)O)c(N)c1. The topological polar surface area (TPSA) is 72.5 Å². The van der Waals surface area contributed by atoms with Crippen molar-refractivity contribution in [2.45, 2.75) is 0 Å². The number of carbonyl (C=O) groups is 1. The summed E-state index contributed by atoms with van der Waals surface area (Å²) in [5.74, 6) is -0.408. The fraction of sp³-hybridized carbons (Fsp3) is 0.0714. The van der Waals surface area contributed by atoms with Crippen molar-refractivity contribution < 1.29 is 14.6 Å². The average Bonchev–Trinajstić information content (AvgIpc) is 2.38. The molecule has 0 bridgehead atoms. The van der Waals surface area contributed by atoms with E-state index in [0.717, 1.165) is 11.1 Å². The first-order valence-electron chi connectivity index (χ1n) is 5.49. The number of carboxylic acid groups (broad SMARTS) is 1. The van der Waals surface area contributed by atoms with E-state index in [1.807, 2.05) is 0 Å². The molecule has 2 rings (SSSR count). The second-order valence-corrected chi connectivity index (χ2v) is 4.39. The van der Waals surface area contributed by atoms with E-state index in [0.29, 0.717) is 10.8 Å². The molecule has 0 radical (unpaired) electrons. The van der Waals surface area contributed by atoms with Crippen LogP contribution in [0, 0.1) is 0 Å². The maximum absolute atomic E-state index is 10.9. The summed E-state index contributed by atoms with van der Waals surface area (Å²) in [6, 6.07) is 9.95. The molecule has 4 nitrogen and oxygen atoms in total. The fourth-order valence-corrected chi connectivity index (χ4v) is 2.00. The standard InChI is InChI=1S/C14H12ClNO3/c1-19-13-5-3-9(15)7-11(13)8-2-4-10(14(17)18)12(16)6-8/h2-7H,16H2,1H3,(H,17,18). The zero-order valence-corrected chi connectivity index (χ0v) is 10.9. The molecule has 0 aliphatic carbocycles. The van der Waals surface area contributed by atoms with Crippen LogP contribution in [0.2, 0.25) is 5.02 Å². The number of ether oxygens (including phenoxy) is 1. The van der Waals surface area contributed by atoms with Crippen molar-refractivity contribution in [1.82, 2.24) is 0 Å². The van der Waals surface area contributed by atoms with Crippen molar-refractivity contribution in [2.24, 2.45) is 0 Å². The number of carboxylic acids is 1. The molecule has 3 N–H and O–H groups in total. The number of anilines is 1. The molecule has 19 heavy (non-hydrogen) atoms. The number of aromatic carboxylic acids is 1. The lowest BCUT2D eigenvalue weighted by Gasteiger charge is -2.10. The Morgan fingerprint density at radius 2 is 2.00 bits per heavy atom. The third-order valence-electron chi connectivity index (χ3n) is 2.75. The molecule has 2 aromatic rings. The number of nitrogen functional groups attached to an aromatic ring is 1. The Bertz CT molecular complexity index is 641.